The van der Waals surface area contributed by atoms with Crippen LogP contribution in [0.4, 0.5) is 0 Å². The normalized spacial score (nSPS) is 11.9. The Morgan fingerprint density at radius 2 is 1.96 bits per heavy atom. The summed E-state index contributed by atoms with van der Waals surface area (Å²) in [6.07, 6.45) is 2.29. The van der Waals surface area contributed by atoms with E-state index in [1.54, 1.807) is 23.5 Å². The molecule has 1 atom stereocenters. The van der Waals surface area contributed by atoms with E-state index in [2.05, 4.69) is 24.4 Å². The highest BCUT2D eigenvalue weighted by molar-refractivity contribution is 7.10. The fourth-order valence-electron chi connectivity index (χ4n) is 2.53. The van der Waals surface area contributed by atoms with Crippen LogP contribution >= 0.6 is 11.3 Å². The van der Waals surface area contributed by atoms with Crippen LogP contribution in [0.1, 0.15) is 39.5 Å². The number of amides is 1. The molecule has 1 amide bonds. The van der Waals surface area contributed by atoms with Crippen molar-refractivity contribution in [2.24, 2.45) is 0 Å². The molecule has 0 aliphatic rings. The van der Waals surface area contributed by atoms with Gasteiger partial charge in [0.2, 0.25) is 0 Å². The van der Waals surface area contributed by atoms with Gasteiger partial charge < -0.3 is 10.5 Å². The van der Waals surface area contributed by atoms with Gasteiger partial charge in [-0.25, -0.2) is 0 Å². The summed E-state index contributed by atoms with van der Waals surface area (Å²) in [6.45, 7) is 2.11. The lowest BCUT2D eigenvalue weighted by Crippen LogP contribution is -2.40. The minimum absolute atomic E-state index is 0.0873. The van der Waals surface area contributed by atoms with Crippen molar-refractivity contribution >= 4 is 17.2 Å². The zero-order valence-corrected chi connectivity index (χ0v) is 14.1. The Hall–Kier alpha value is -2.66. The largest absolute Gasteiger partial charge is 0.618 e. The summed E-state index contributed by atoms with van der Waals surface area (Å²) in [7, 11) is 0. The first-order valence-electron chi connectivity index (χ1n) is 7.80. The molecule has 0 aliphatic heterocycles. The molecule has 0 fully saturated rings. The third kappa shape index (κ3) is 3.46. The number of rotatable bonds is 5. The van der Waals surface area contributed by atoms with Gasteiger partial charge in [-0.15, -0.1) is 11.3 Å². The third-order valence-electron chi connectivity index (χ3n) is 3.88. The van der Waals surface area contributed by atoms with E-state index in [1.165, 1.54) is 17.8 Å². The van der Waals surface area contributed by atoms with Crippen molar-refractivity contribution in [1.82, 2.24) is 5.32 Å². The summed E-state index contributed by atoms with van der Waals surface area (Å²) >= 11 is 1.58. The maximum atomic E-state index is 12.5. The Morgan fingerprint density at radius 3 is 2.58 bits per heavy atom. The molecule has 3 rings (SSSR count). The van der Waals surface area contributed by atoms with Gasteiger partial charge in [0.25, 0.3) is 5.69 Å². The molecule has 2 aromatic heterocycles. The van der Waals surface area contributed by atoms with E-state index in [-0.39, 0.29) is 17.6 Å². The highest BCUT2D eigenvalue weighted by Gasteiger charge is 2.22. The van der Waals surface area contributed by atoms with Gasteiger partial charge in [0.1, 0.15) is 0 Å². The van der Waals surface area contributed by atoms with Gasteiger partial charge in [-0.2, -0.15) is 4.73 Å². The Balaban J connectivity index is 1.91. The molecule has 122 valence electrons. The summed E-state index contributed by atoms with van der Waals surface area (Å²) in [4.78, 5) is 13.6. The Kier molecular flexibility index (Phi) is 4.91. The number of carbonyl (C=O) groups excluding carboxylic acids is 1. The first-order chi connectivity index (χ1) is 11.7. The van der Waals surface area contributed by atoms with E-state index in [9.17, 15) is 10.0 Å². The maximum absolute atomic E-state index is 12.5. The van der Waals surface area contributed by atoms with Crippen molar-refractivity contribution in [3.8, 4) is 0 Å². The molecule has 2 heterocycles. The number of aryl methyl sites for hydroxylation is 1. The molecule has 5 heteroatoms. The molecule has 0 saturated heterocycles. The van der Waals surface area contributed by atoms with Crippen LogP contribution in [0.5, 0.6) is 0 Å². The Labute approximate surface area is 145 Å². The van der Waals surface area contributed by atoms with Crippen LogP contribution in [0.15, 0.2) is 66.2 Å². The van der Waals surface area contributed by atoms with E-state index >= 15 is 0 Å². The van der Waals surface area contributed by atoms with Crippen molar-refractivity contribution in [2.45, 2.75) is 19.4 Å². The topological polar surface area (TPSA) is 56.0 Å². The molecule has 0 aliphatic carbocycles. The molecule has 0 bridgehead atoms. The third-order valence-corrected chi connectivity index (χ3v) is 4.82. The quantitative estimate of drug-likeness (QED) is 0.572. The number of hydrogen-bond acceptors (Lipinski definition) is 3. The number of aromatic nitrogens is 1. The molecule has 3 aromatic rings. The minimum Gasteiger partial charge on any atom is -0.618 e. The van der Waals surface area contributed by atoms with Crippen LogP contribution in [-0.2, 0) is 6.42 Å². The molecular weight excluding hydrogens is 320 g/mol. The molecule has 0 unspecified atom stereocenters. The predicted molar refractivity (Wildman–Crippen MR) is 94.9 cm³/mol. The van der Waals surface area contributed by atoms with Gasteiger partial charge in [-0.3, -0.25) is 4.79 Å². The van der Waals surface area contributed by atoms with Crippen molar-refractivity contribution in [3.05, 3.63) is 93.1 Å². The number of nitrogens with zero attached hydrogens (tertiary/aromatic N) is 1. The lowest BCUT2D eigenvalue weighted by atomic mass is 10.0. The van der Waals surface area contributed by atoms with Crippen LogP contribution in [0.25, 0.3) is 0 Å². The molecule has 0 radical (unpaired) electrons. The second-order valence-electron chi connectivity index (χ2n) is 5.43. The van der Waals surface area contributed by atoms with E-state index in [0.29, 0.717) is 4.73 Å². The van der Waals surface area contributed by atoms with Crippen molar-refractivity contribution in [3.63, 3.8) is 0 Å². The minimum atomic E-state index is -0.386. The fraction of sp³-hybridized carbons (Fsp3) is 0.158. The predicted octanol–water partition coefficient (Wildman–Crippen LogP) is 3.46. The fourth-order valence-corrected chi connectivity index (χ4v) is 3.33. The standard InChI is InChI=1S/C19H18N2O2S/c1-2-14-8-10-15(11-9-14)18(17-7-5-13-24-17)20-19(22)16-6-3-4-12-21(16)23/h3-13,18H,2H2,1H3,(H,20,22)/t18-/m1/s1. The van der Waals surface area contributed by atoms with Crippen molar-refractivity contribution in [1.29, 1.82) is 0 Å². The summed E-state index contributed by atoms with van der Waals surface area (Å²) in [5.74, 6) is -0.386. The van der Waals surface area contributed by atoms with Crippen LogP contribution in [0, 0.1) is 5.21 Å². The Morgan fingerprint density at radius 1 is 1.17 bits per heavy atom. The number of carbonyl (C=O) groups is 1. The highest BCUT2D eigenvalue weighted by atomic mass is 32.1. The lowest BCUT2D eigenvalue weighted by molar-refractivity contribution is -0.607. The number of hydrogen-bond donors (Lipinski definition) is 1. The van der Waals surface area contributed by atoms with E-state index in [0.717, 1.165) is 16.9 Å². The zero-order chi connectivity index (χ0) is 16.9. The first-order valence-corrected chi connectivity index (χ1v) is 8.68. The van der Waals surface area contributed by atoms with E-state index in [4.69, 9.17) is 0 Å². The Bertz CT molecular complexity index is 814. The molecule has 0 spiro atoms. The van der Waals surface area contributed by atoms with Crippen LogP contribution < -0.4 is 10.0 Å². The van der Waals surface area contributed by atoms with Gasteiger partial charge >= 0.3 is 5.91 Å². The second-order valence-corrected chi connectivity index (χ2v) is 6.41. The van der Waals surface area contributed by atoms with Gasteiger partial charge in [0.15, 0.2) is 6.20 Å². The summed E-state index contributed by atoms with van der Waals surface area (Å²) in [6, 6.07) is 16.7. The van der Waals surface area contributed by atoms with E-state index in [1.807, 2.05) is 29.6 Å². The monoisotopic (exact) mass is 338 g/mol. The number of pyridine rings is 1. The number of nitrogens with one attached hydrogen (secondary N) is 1. The van der Waals surface area contributed by atoms with Crippen molar-refractivity contribution in [2.75, 3.05) is 0 Å². The van der Waals surface area contributed by atoms with Crippen LogP contribution in [0.3, 0.4) is 0 Å². The maximum Gasteiger partial charge on any atom is 0.318 e. The van der Waals surface area contributed by atoms with Crippen LogP contribution in [-0.4, -0.2) is 5.91 Å². The smallest absolute Gasteiger partial charge is 0.318 e. The first kappa shape index (κ1) is 16.2. The molecule has 24 heavy (non-hydrogen) atoms. The van der Waals surface area contributed by atoms with E-state index < -0.39 is 0 Å². The molecule has 4 nitrogen and oxygen atoms in total. The summed E-state index contributed by atoms with van der Waals surface area (Å²) in [5, 5.41) is 16.8. The SMILES string of the molecule is CCc1ccc([C@@H](NC(=O)c2cccc[n+]2[O-])c2cccs2)cc1. The average Bonchev–Trinajstić information content (AvgIpc) is 3.14. The average molecular weight is 338 g/mol. The highest BCUT2D eigenvalue weighted by Crippen LogP contribution is 2.26. The number of benzene rings is 1. The van der Waals surface area contributed by atoms with Gasteiger partial charge in [0, 0.05) is 17.0 Å². The molecule has 1 N–H and O–H groups in total. The molecule has 1 aromatic carbocycles. The second kappa shape index (κ2) is 7.27. The number of thiophene rings is 1. The lowest BCUT2D eigenvalue weighted by Gasteiger charge is -2.18. The molecule has 0 saturated carbocycles. The van der Waals surface area contributed by atoms with Gasteiger partial charge in [-0.05, 0) is 35.1 Å². The molecular formula is C19H18N2O2S. The van der Waals surface area contributed by atoms with Gasteiger partial charge in [0.05, 0.1) is 6.04 Å². The summed E-state index contributed by atoms with van der Waals surface area (Å²) in [5.41, 5.74) is 2.33. The van der Waals surface area contributed by atoms with Crippen LogP contribution in [0.2, 0.25) is 0 Å². The summed E-state index contributed by atoms with van der Waals surface area (Å²) < 4.78 is 0.584. The zero-order valence-electron chi connectivity index (χ0n) is 13.3. The van der Waals surface area contributed by atoms with Gasteiger partial charge in [-0.1, -0.05) is 37.3 Å². The van der Waals surface area contributed by atoms with Crippen molar-refractivity contribution < 1.29 is 9.52 Å².